The van der Waals surface area contributed by atoms with Gasteiger partial charge in [0.05, 0.1) is 11.8 Å². The number of ether oxygens (including phenoxy) is 1. The first-order chi connectivity index (χ1) is 15.8. The monoisotopic (exact) mass is 452 g/mol. The first-order valence-electron chi connectivity index (χ1n) is 11.4. The van der Waals surface area contributed by atoms with E-state index in [4.69, 9.17) is 9.84 Å². The summed E-state index contributed by atoms with van der Waals surface area (Å²) in [7, 11) is 1.60. The molecule has 7 heteroatoms. The molecule has 0 spiro atoms. The van der Waals surface area contributed by atoms with E-state index in [1.54, 1.807) is 7.05 Å². The number of hydrogen-bond acceptors (Lipinski definition) is 4. The number of rotatable bonds is 10. The minimum atomic E-state index is -0.954. The molecule has 1 aliphatic carbocycles. The molecule has 3 rings (SSSR count). The Morgan fingerprint density at radius 3 is 2.06 bits per heavy atom. The molecule has 0 unspecified atom stereocenters. The second-order valence-electron chi connectivity index (χ2n) is 8.54. The zero-order valence-corrected chi connectivity index (χ0v) is 19.5. The van der Waals surface area contributed by atoms with E-state index in [0.717, 1.165) is 22.3 Å². The molecule has 2 aromatic rings. The Labute approximate surface area is 194 Å². The van der Waals surface area contributed by atoms with Crippen molar-refractivity contribution in [1.29, 1.82) is 0 Å². The molecule has 0 heterocycles. The molecule has 0 fully saturated rings. The second kappa shape index (κ2) is 10.5. The number of carbonyl (C=O) groups excluding carboxylic acids is 2. The molecule has 2 amide bonds. The topological polar surface area (TPSA) is 95.9 Å². The van der Waals surface area contributed by atoms with Gasteiger partial charge < -0.3 is 20.1 Å². The van der Waals surface area contributed by atoms with Gasteiger partial charge in [-0.05, 0) is 35.1 Å². The molecule has 176 valence electrons. The summed E-state index contributed by atoms with van der Waals surface area (Å²) in [4.78, 5) is 37.9. The Hall–Kier alpha value is -3.35. The lowest BCUT2D eigenvalue weighted by atomic mass is 9.80. The van der Waals surface area contributed by atoms with E-state index < -0.39 is 17.5 Å². The number of aliphatic carboxylic acids is 1. The summed E-state index contributed by atoms with van der Waals surface area (Å²) in [6.07, 6.45) is 0.349. The van der Waals surface area contributed by atoms with E-state index >= 15 is 0 Å². The van der Waals surface area contributed by atoms with Crippen LogP contribution in [0.15, 0.2) is 48.5 Å². The summed E-state index contributed by atoms with van der Waals surface area (Å²) < 4.78 is 5.59. The van der Waals surface area contributed by atoms with Gasteiger partial charge in [0.2, 0.25) is 5.91 Å². The molecule has 2 aromatic carbocycles. The first-order valence-corrected chi connectivity index (χ1v) is 11.4. The lowest BCUT2D eigenvalue weighted by molar-refractivity contribution is -0.142. The lowest BCUT2D eigenvalue weighted by Crippen LogP contribution is -2.49. The number of carboxylic acid groups (broad SMARTS) is 1. The molecule has 7 nitrogen and oxygen atoms in total. The summed E-state index contributed by atoms with van der Waals surface area (Å²) in [5.41, 5.74) is 3.79. The predicted molar refractivity (Wildman–Crippen MR) is 126 cm³/mol. The van der Waals surface area contributed by atoms with Gasteiger partial charge in [-0.15, -0.1) is 0 Å². The summed E-state index contributed by atoms with van der Waals surface area (Å²) in [6.45, 7) is 4.25. The Balaban J connectivity index is 1.62. The van der Waals surface area contributed by atoms with Crippen molar-refractivity contribution in [2.75, 3.05) is 26.7 Å². The zero-order valence-electron chi connectivity index (χ0n) is 19.5. The van der Waals surface area contributed by atoms with Gasteiger partial charge in [0.1, 0.15) is 6.61 Å². The van der Waals surface area contributed by atoms with Crippen LogP contribution in [0.2, 0.25) is 0 Å². The molecule has 0 atom stereocenters. The number of benzene rings is 2. The zero-order chi connectivity index (χ0) is 24.0. The van der Waals surface area contributed by atoms with E-state index in [1.807, 2.05) is 38.1 Å². The Morgan fingerprint density at radius 2 is 1.55 bits per heavy atom. The highest BCUT2D eigenvalue weighted by Gasteiger charge is 2.38. The van der Waals surface area contributed by atoms with Crippen molar-refractivity contribution < 1.29 is 24.2 Å². The van der Waals surface area contributed by atoms with Crippen LogP contribution in [0.1, 0.15) is 50.2 Å². The van der Waals surface area contributed by atoms with Crippen LogP contribution >= 0.6 is 0 Å². The van der Waals surface area contributed by atoms with Crippen molar-refractivity contribution in [3.8, 4) is 11.1 Å². The summed E-state index contributed by atoms with van der Waals surface area (Å²) >= 11 is 0. The second-order valence-corrected chi connectivity index (χ2v) is 8.54. The highest BCUT2D eigenvalue weighted by Crippen LogP contribution is 2.44. The molecule has 0 saturated carbocycles. The van der Waals surface area contributed by atoms with E-state index in [2.05, 4.69) is 29.6 Å². The Bertz CT molecular complexity index is 970. The summed E-state index contributed by atoms with van der Waals surface area (Å²) in [5, 5.41) is 11.7. The molecule has 0 saturated heterocycles. The maximum absolute atomic E-state index is 13.0. The third-order valence-corrected chi connectivity index (χ3v) is 6.73. The van der Waals surface area contributed by atoms with Crippen molar-refractivity contribution in [2.45, 2.75) is 39.0 Å². The number of alkyl carbamates (subject to hydrolysis) is 1. The van der Waals surface area contributed by atoms with Crippen molar-refractivity contribution >= 4 is 18.0 Å². The average molecular weight is 453 g/mol. The lowest BCUT2D eigenvalue weighted by Gasteiger charge is -2.34. The fraction of sp³-hybridized carbons (Fsp3) is 0.423. The minimum Gasteiger partial charge on any atom is -0.481 e. The molecular formula is C26H32N2O5. The van der Waals surface area contributed by atoms with Gasteiger partial charge in [-0.25, -0.2) is 4.79 Å². The molecule has 2 N–H and O–H groups in total. The smallest absolute Gasteiger partial charge is 0.407 e. The summed E-state index contributed by atoms with van der Waals surface area (Å²) in [5.74, 6) is -1.16. The van der Waals surface area contributed by atoms with Crippen molar-refractivity contribution in [2.24, 2.45) is 5.41 Å². The van der Waals surface area contributed by atoms with Gasteiger partial charge in [-0.1, -0.05) is 62.4 Å². The van der Waals surface area contributed by atoms with Crippen LogP contribution in [0.4, 0.5) is 4.79 Å². The van der Waals surface area contributed by atoms with Crippen molar-refractivity contribution in [3.05, 3.63) is 59.7 Å². The molecule has 0 aliphatic heterocycles. The van der Waals surface area contributed by atoms with Gasteiger partial charge >= 0.3 is 12.1 Å². The number of carbonyl (C=O) groups is 3. The molecule has 0 bridgehead atoms. The number of nitrogens with zero attached hydrogens (tertiary/aromatic N) is 1. The Kier molecular flexibility index (Phi) is 7.74. The summed E-state index contributed by atoms with van der Waals surface area (Å²) in [6, 6.07) is 16.3. The molecule has 33 heavy (non-hydrogen) atoms. The third kappa shape index (κ3) is 5.18. The maximum Gasteiger partial charge on any atom is 0.407 e. The van der Waals surface area contributed by atoms with Gasteiger partial charge in [0.25, 0.3) is 0 Å². The highest BCUT2D eigenvalue weighted by atomic mass is 16.5. The third-order valence-electron chi connectivity index (χ3n) is 6.73. The van der Waals surface area contributed by atoms with Gasteiger partial charge in [0.15, 0.2) is 0 Å². The SMILES string of the molecule is CCC(CC)(CNC(=O)OCC1c2ccccc2-c2ccccc21)C(=O)N(C)CCC(=O)O. The molecule has 0 aromatic heterocycles. The van der Waals surface area contributed by atoms with Crippen LogP contribution in [0.25, 0.3) is 11.1 Å². The fourth-order valence-electron chi connectivity index (χ4n) is 4.54. The normalized spacial score (nSPS) is 12.6. The largest absolute Gasteiger partial charge is 0.481 e. The maximum atomic E-state index is 13.0. The number of fused-ring (bicyclic) bond motifs is 3. The Morgan fingerprint density at radius 1 is 1.00 bits per heavy atom. The molecular weight excluding hydrogens is 420 g/mol. The van der Waals surface area contributed by atoms with Crippen LogP contribution < -0.4 is 5.32 Å². The number of nitrogens with one attached hydrogen (secondary N) is 1. The first kappa shape index (κ1) is 24.3. The highest BCUT2D eigenvalue weighted by molar-refractivity contribution is 5.84. The standard InChI is InChI=1S/C26H32N2O5/c1-4-26(5-2,24(31)28(3)15-14-23(29)30)17-27-25(32)33-16-22-20-12-8-6-10-18(20)19-11-7-9-13-21(19)22/h6-13,22H,4-5,14-17H2,1-3H3,(H,27,32)(H,29,30). The molecule has 0 radical (unpaired) electrons. The predicted octanol–water partition coefficient (Wildman–Crippen LogP) is 4.26. The van der Waals surface area contributed by atoms with Gasteiger partial charge in [-0.2, -0.15) is 0 Å². The van der Waals surface area contributed by atoms with Crippen LogP contribution in [0.5, 0.6) is 0 Å². The quantitative estimate of drug-likeness (QED) is 0.561. The van der Waals surface area contributed by atoms with E-state index in [9.17, 15) is 14.4 Å². The number of carboxylic acids is 1. The molecule has 1 aliphatic rings. The van der Waals surface area contributed by atoms with Crippen LogP contribution in [0, 0.1) is 5.41 Å². The van der Waals surface area contributed by atoms with E-state index in [-0.39, 0.29) is 37.9 Å². The number of amides is 2. The van der Waals surface area contributed by atoms with Gasteiger partial charge in [-0.3, -0.25) is 9.59 Å². The van der Waals surface area contributed by atoms with Crippen LogP contribution in [0.3, 0.4) is 0 Å². The number of hydrogen-bond donors (Lipinski definition) is 2. The van der Waals surface area contributed by atoms with Crippen LogP contribution in [-0.4, -0.2) is 54.7 Å². The van der Waals surface area contributed by atoms with E-state index in [1.165, 1.54) is 4.90 Å². The van der Waals surface area contributed by atoms with Crippen molar-refractivity contribution in [3.63, 3.8) is 0 Å². The van der Waals surface area contributed by atoms with Crippen molar-refractivity contribution in [1.82, 2.24) is 10.2 Å². The minimum absolute atomic E-state index is 0.0333. The van der Waals surface area contributed by atoms with Crippen LogP contribution in [-0.2, 0) is 14.3 Å². The average Bonchev–Trinajstić information content (AvgIpc) is 3.15. The fourth-order valence-corrected chi connectivity index (χ4v) is 4.54. The van der Waals surface area contributed by atoms with E-state index in [0.29, 0.717) is 12.8 Å². The van der Waals surface area contributed by atoms with Gasteiger partial charge in [0, 0.05) is 26.1 Å².